The minimum Gasteiger partial charge on any atom is -0.0683 e. The fourth-order valence-electron chi connectivity index (χ4n) is 1.86. The van der Waals surface area contributed by atoms with Gasteiger partial charge in [0, 0.05) is 0 Å². The molecule has 0 radical (unpaired) electrons. The number of benzene rings is 2. The Labute approximate surface area is 112 Å². The van der Waals surface area contributed by atoms with Crippen LogP contribution in [0, 0.1) is 0 Å². The molecule has 0 saturated carbocycles. The van der Waals surface area contributed by atoms with E-state index in [4.69, 9.17) is 0 Å². The van der Waals surface area contributed by atoms with Crippen LogP contribution in [0.4, 0.5) is 0 Å². The van der Waals surface area contributed by atoms with Gasteiger partial charge in [-0.25, -0.2) is 0 Å². The average Bonchev–Trinajstić information content (AvgIpc) is 2.92. The van der Waals surface area contributed by atoms with E-state index in [2.05, 4.69) is 48.6 Å². The molecule has 0 N–H and O–H groups in total. The summed E-state index contributed by atoms with van der Waals surface area (Å²) in [4.78, 5) is 0. The lowest BCUT2D eigenvalue weighted by Crippen LogP contribution is -1.76. The molecule has 0 nitrogen and oxygen atoms in total. The molecule has 0 aliphatic heterocycles. The fourth-order valence-corrected chi connectivity index (χ4v) is 1.86. The van der Waals surface area contributed by atoms with Crippen LogP contribution >= 0.6 is 0 Å². The molecule has 1 aliphatic rings. The molecule has 0 saturated heterocycles. The molecule has 2 aromatic carbocycles. The highest BCUT2D eigenvalue weighted by atomic mass is 14.1. The first-order chi connectivity index (χ1) is 8.95. The molecule has 0 fully saturated rings. The largest absolute Gasteiger partial charge is 0.0683 e. The van der Waals surface area contributed by atoms with Crippen LogP contribution in [-0.2, 0) is 0 Å². The van der Waals surface area contributed by atoms with Gasteiger partial charge in [-0.2, -0.15) is 0 Å². The summed E-state index contributed by atoms with van der Waals surface area (Å²) in [6, 6.07) is 12.9. The number of hydrogen-bond donors (Lipinski definition) is 0. The van der Waals surface area contributed by atoms with Crippen molar-refractivity contribution in [2.75, 3.05) is 0 Å². The molecule has 0 heteroatoms. The Bertz CT molecular complexity index is 438. The lowest BCUT2D eigenvalue weighted by molar-refractivity contribution is 1.50. The van der Waals surface area contributed by atoms with Crippen molar-refractivity contribution in [3.05, 3.63) is 47.5 Å². The maximum Gasteiger partial charge on any atom is -0.00389 e. The zero-order chi connectivity index (χ0) is 14.0. The second kappa shape index (κ2) is 9.47. The molecule has 98 valence electrons. The lowest BCUT2D eigenvalue weighted by atomic mass is 10.0. The first-order valence-corrected chi connectivity index (χ1v) is 7.15. The van der Waals surface area contributed by atoms with Crippen LogP contribution in [0.1, 0.15) is 52.7 Å². The standard InChI is InChI=1S/C12H8.3C2H6/c1-3-9-4-2-6-11-8-7-10(5-1)12(9)11;3*1-2/h1-8H;3*1-2H3. The van der Waals surface area contributed by atoms with Gasteiger partial charge in [-0.05, 0) is 21.9 Å². The maximum absolute atomic E-state index is 2.18. The zero-order valence-electron chi connectivity index (χ0n) is 12.6. The maximum atomic E-state index is 2.18. The van der Waals surface area contributed by atoms with E-state index in [0.717, 1.165) is 0 Å². The minimum absolute atomic E-state index is 1.34. The smallest absolute Gasteiger partial charge is 0.00389 e. The van der Waals surface area contributed by atoms with Crippen molar-refractivity contribution in [2.45, 2.75) is 41.5 Å². The topological polar surface area (TPSA) is 0 Å². The van der Waals surface area contributed by atoms with Gasteiger partial charge >= 0.3 is 0 Å². The molecule has 0 heterocycles. The Morgan fingerprint density at radius 3 is 1.33 bits per heavy atom. The molecule has 0 bridgehead atoms. The van der Waals surface area contributed by atoms with E-state index >= 15 is 0 Å². The Morgan fingerprint density at radius 1 is 0.556 bits per heavy atom. The van der Waals surface area contributed by atoms with Gasteiger partial charge in [0.25, 0.3) is 0 Å². The van der Waals surface area contributed by atoms with Gasteiger partial charge in [0.2, 0.25) is 0 Å². The first kappa shape index (κ1) is 16.4. The van der Waals surface area contributed by atoms with Crippen molar-refractivity contribution in [3.63, 3.8) is 0 Å². The van der Waals surface area contributed by atoms with Crippen molar-refractivity contribution in [1.29, 1.82) is 0 Å². The van der Waals surface area contributed by atoms with Gasteiger partial charge in [-0.3, -0.25) is 0 Å². The summed E-state index contributed by atoms with van der Waals surface area (Å²) in [5, 5.41) is 2.75. The minimum atomic E-state index is 1.34. The molecule has 0 spiro atoms. The van der Waals surface area contributed by atoms with Crippen molar-refractivity contribution >= 4 is 22.9 Å². The number of hydrogen-bond acceptors (Lipinski definition) is 0. The van der Waals surface area contributed by atoms with Gasteiger partial charge in [0.1, 0.15) is 0 Å². The first-order valence-electron chi connectivity index (χ1n) is 7.15. The van der Waals surface area contributed by atoms with Gasteiger partial charge < -0.3 is 0 Å². The normalized spacial score (nSPS) is 9.44. The molecule has 0 atom stereocenters. The Hall–Kier alpha value is -1.56. The molecule has 1 aliphatic carbocycles. The highest BCUT2D eigenvalue weighted by Gasteiger charge is 2.06. The van der Waals surface area contributed by atoms with Gasteiger partial charge in [0.15, 0.2) is 0 Å². The summed E-state index contributed by atoms with van der Waals surface area (Å²) in [5.41, 5.74) is 2.70. The summed E-state index contributed by atoms with van der Waals surface area (Å²) in [6.45, 7) is 12.0. The van der Waals surface area contributed by atoms with Crippen LogP contribution < -0.4 is 0 Å². The van der Waals surface area contributed by atoms with E-state index in [9.17, 15) is 0 Å². The summed E-state index contributed by atoms with van der Waals surface area (Å²) >= 11 is 0. The van der Waals surface area contributed by atoms with Crippen molar-refractivity contribution < 1.29 is 0 Å². The SMILES string of the molecule is C1=Cc2cccc3cccc1c23.CC.CC.CC. The van der Waals surface area contributed by atoms with Crippen LogP contribution in [0.25, 0.3) is 22.9 Å². The molecule has 0 unspecified atom stereocenters. The van der Waals surface area contributed by atoms with Crippen molar-refractivity contribution in [1.82, 2.24) is 0 Å². The van der Waals surface area contributed by atoms with Crippen molar-refractivity contribution in [3.8, 4) is 0 Å². The molecule has 18 heavy (non-hydrogen) atoms. The number of rotatable bonds is 0. The Morgan fingerprint density at radius 2 is 0.944 bits per heavy atom. The third-order valence-electron chi connectivity index (χ3n) is 2.41. The van der Waals surface area contributed by atoms with Gasteiger partial charge in [0.05, 0.1) is 0 Å². The highest BCUT2D eigenvalue weighted by molar-refractivity contribution is 6.04. The lowest BCUT2D eigenvalue weighted by Gasteiger charge is -1.99. The van der Waals surface area contributed by atoms with E-state index in [1.165, 1.54) is 21.9 Å². The second-order valence-corrected chi connectivity index (χ2v) is 3.13. The molecule has 0 aromatic heterocycles. The molecule has 3 rings (SSSR count). The second-order valence-electron chi connectivity index (χ2n) is 3.13. The highest BCUT2D eigenvalue weighted by Crippen LogP contribution is 2.30. The quantitative estimate of drug-likeness (QED) is 0.427. The summed E-state index contributed by atoms with van der Waals surface area (Å²) in [5.74, 6) is 0. The van der Waals surface area contributed by atoms with E-state index < -0.39 is 0 Å². The average molecular weight is 242 g/mol. The van der Waals surface area contributed by atoms with Crippen LogP contribution in [0.5, 0.6) is 0 Å². The van der Waals surface area contributed by atoms with Gasteiger partial charge in [-0.15, -0.1) is 0 Å². The van der Waals surface area contributed by atoms with Crippen molar-refractivity contribution in [2.24, 2.45) is 0 Å². The van der Waals surface area contributed by atoms with Crippen LogP contribution in [0.3, 0.4) is 0 Å². The summed E-state index contributed by atoms with van der Waals surface area (Å²) in [7, 11) is 0. The van der Waals surface area contributed by atoms with E-state index in [0.29, 0.717) is 0 Å². The third kappa shape index (κ3) is 3.46. The predicted molar refractivity (Wildman–Crippen MR) is 86.9 cm³/mol. The monoisotopic (exact) mass is 242 g/mol. The van der Waals surface area contributed by atoms with Crippen LogP contribution in [-0.4, -0.2) is 0 Å². The van der Waals surface area contributed by atoms with E-state index in [-0.39, 0.29) is 0 Å². The summed E-state index contributed by atoms with van der Waals surface area (Å²) in [6.07, 6.45) is 4.36. The van der Waals surface area contributed by atoms with E-state index in [1.54, 1.807) is 0 Å². The third-order valence-corrected chi connectivity index (χ3v) is 2.41. The summed E-state index contributed by atoms with van der Waals surface area (Å²) < 4.78 is 0. The molecular formula is C18H26. The molecular weight excluding hydrogens is 216 g/mol. The molecule has 2 aromatic rings. The fraction of sp³-hybridized carbons (Fsp3) is 0.333. The predicted octanol–water partition coefficient (Wildman–Crippen LogP) is 6.40. The molecule has 0 amide bonds. The Balaban J connectivity index is 0.000000429. The van der Waals surface area contributed by atoms with Crippen LogP contribution in [0.2, 0.25) is 0 Å². The zero-order valence-corrected chi connectivity index (χ0v) is 12.6. The van der Waals surface area contributed by atoms with Gasteiger partial charge in [-0.1, -0.05) is 90.1 Å². The Kier molecular flexibility index (Phi) is 8.65. The van der Waals surface area contributed by atoms with Crippen LogP contribution in [0.15, 0.2) is 36.4 Å². The van der Waals surface area contributed by atoms with E-state index in [1.807, 2.05) is 41.5 Å².